The van der Waals surface area contributed by atoms with E-state index in [-0.39, 0.29) is 12.8 Å². The van der Waals surface area contributed by atoms with Crippen molar-refractivity contribution in [1.82, 2.24) is 0 Å². The topological polar surface area (TPSA) is 132 Å². The second kappa shape index (κ2) is 4.81. The Morgan fingerprint density at radius 1 is 1.00 bits per heavy atom. The number of carbonyl (C=O) groups is 2. The molecular weight excluding hydrogens is 248 g/mol. The average Bonchev–Trinajstić information content (AvgIpc) is 2.80. The van der Waals surface area contributed by atoms with E-state index in [4.69, 9.17) is 11.1 Å². The Hall–Kier alpha value is -2.82. The first-order valence-electron chi connectivity index (χ1n) is 5.40. The van der Waals surface area contributed by atoms with E-state index < -0.39 is 17.2 Å². The number of amides is 2. The molecule has 0 spiro atoms. The van der Waals surface area contributed by atoms with Crippen LogP contribution in [0.5, 0.6) is 0 Å². The Labute approximate surface area is 107 Å². The number of hydrogen-bond donors (Lipinski definition) is 0. The lowest BCUT2D eigenvalue weighted by Crippen LogP contribution is -2.38. The predicted molar refractivity (Wildman–Crippen MR) is 64.6 cm³/mol. The van der Waals surface area contributed by atoms with E-state index in [9.17, 15) is 9.59 Å². The molecule has 8 nitrogen and oxygen atoms in total. The highest BCUT2D eigenvalue weighted by Gasteiger charge is 2.48. The predicted octanol–water partition coefficient (Wildman–Crippen LogP) is 2.45. The number of fused-ring (bicyclic) bond motifs is 1. The van der Waals surface area contributed by atoms with Gasteiger partial charge in [-0.3, -0.25) is 9.59 Å². The summed E-state index contributed by atoms with van der Waals surface area (Å²) in [5, 5.41) is 6.01. The summed E-state index contributed by atoms with van der Waals surface area (Å²) < 4.78 is 0. The zero-order chi connectivity index (χ0) is 13.9. The second-order valence-electron chi connectivity index (χ2n) is 4.19. The van der Waals surface area contributed by atoms with Gasteiger partial charge in [-0.2, -0.15) is 0 Å². The minimum Gasteiger partial charge on any atom is -0.291 e. The molecule has 0 aliphatic heterocycles. The van der Waals surface area contributed by atoms with Crippen molar-refractivity contribution < 1.29 is 9.59 Å². The molecule has 0 unspecified atom stereocenters. The smallest absolute Gasteiger partial charge is 0.233 e. The van der Waals surface area contributed by atoms with Gasteiger partial charge < -0.3 is 0 Å². The van der Waals surface area contributed by atoms with Crippen LogP contribution in [0.4, 0.5) is 0 Å². The van der Waals surface area contributed by atoms with Crippen molar-refractivity contribution in [1.29, 1.82) is 0 Å². The summed E-state index contributed by atoms with van der Waals surface area (Å²) in [5.74, 6) is -1.83. The van der Waals surface area contributed by atoms with E-state index in [0.717, 1.165) is 11.1 Å². The fourth-order valence-electron chi connectivity index (χ4n) is 2.28. The molecule has 1 aromatic carbocycles. The Balaban J connectivity index is 2.51. The van der Waals surface area contributed by atoms with Crippen molar-refractivity contribution in [2.24, 2.45) is 15.6 Å². The van der Waals surface area contributed by atoms with Crippen LogP contribution in [0.25, 0.3) is 20.9 Å². The molecule has 0 bridgehead atoms. The number of carbonyl (C=O) groups excluding carboxylic acids is 2. The lowest BCUT2D eigenvalue weighted by Gasteiger charge is -2.20. The average molecular weight is 256 g/mol. The van der Waals surface area contributed by atoms with Crippen LogP contribution < -0.4 is 0 Å². The van der Waals surface area contributed by atoms with Crippen LogP contribution in [0.15, 0.2) is 34.5 Å². The molecule has 0 atom stereocenters. The van der Waals surface area contributed by atoms with Gasteiger partial charge in [0.25, 0.3) is 0 Å². The Kier molecular flexibility index (Phi) is 3.20. The van der Waals surface area contributed by atoms with Crippen LogP contribution in [0.2, 0.25) is 0 Å². The maximum atomic E-state index is 11.9. The molecule has 0 saturated heterocycles. The molecule has 2 amide bonds. The van der Waals surface area contributed by atoms with Gasteiger partial charge in [0, 0.05) is 9.82 Å². The zero-order valence-electron chi connectivity index (χ0n) is 9.72. The SMILES string of the molecule is [N-]=[N+]=NC(=O)C1(C(=O)N=[N+]=[N-])Cc2ccccc2C1. The van der Waals surface area contributed by atoms with Gasteiger partial charge >= 0.3 is 0 Å². The fourth-order valence-corrected chi connectivity index (χ4v) is 2.28. The summed E-state index contributed by atoms with van der Waals surface area (Å²) in [4.78, 5) is 28.7. The van der Waals surface area contributed by atoms with Crippen molar-refractivity contribution >= 4 is 11.8 Å². The highest BCUT2D eigenvalue weighted by atomic mass is 16.2. The molecule has 1 aliphatic carbocycles. The molecule has 1 aliphatic rings. The molecule has 94 valence electrons. The number of azide groups is 2. The third-order valence-corrected chi connectivity index (χ3v) is 3.19. The van der Waals surface area contributed by atoms with Crippen molar-refractivity contribution in [2.45, 2.75) is 12.8 Å². The molecule has 0 heterocycles. The van der Waals surface area contributed by atoms with Gasteiger partial charge in [0.05, 0.1) is 0 Å². The quantitative estimate of drug-likeness (QED) is 0.348. The lowest BCUT2D eigenvalue weighted by atomic mass is 9.83. The lowest BCUT2D eigenvalue weighted by molar-refractivity contribution is -0.139. The van der Waals surface area contributed by atoms with E-state index in [2.05, 4.69) is 20.1 Å². The number of nitrogens with zero attached hydrogens (tertiary/aromatic N) is 6. The van der Waals surface area contributed by atoms with E-state index in [1.54, 1.807) is 24.3 Å². The minimum atomic E-state index is -1.60. The van der Waals surface area contributed by atoms with Crippen molar-refractivity contribution in [2.75, 3.05) is 0 Å². The van der Waals surface area contributed by atoms with Crippen LogP contribution >= 0.6 is 0 Å². The first kappa shape index (κ1) is 12.6. The van der Waals surface area contributed by atoms with Crippen LogP contribution in [0.1, 0.15) is 11.1 Å². The monoisotopic (exact) mass is 256 g/mol. The van der Waals surface area contributed by atoms with Gasteiger partial charge in [0.15, 0.2) is 0 Å². The molecular formula is C11H8N6O2. The Morgan fingerprint density at radius 2 is 1.42 bits per heavy atom. The van der Waals surface area contributed by atoms with Gasteiger partial charge in [0.2, 0.25) is 11.8 Å². The molecule has 0 fully saturated rings. The van der Waals surface area contributed by atoms with Crippen LogP contribution in [-0.4, -0.2) is 11.8 Å². The van der Waals surface area contributed by atoms with Crippen molar-refractivity contribution in [3.63, 3.8) is 0 Å². The summed E-state index contributed by atoms with van der Waals surface area (Å²) in [6.07, 6.45) is 0.164. The second-order valence-corrected chi connectivity index (χ2v) is 4.19. The number of benzene rings is 1. The maximum Gasteiger partial charge on any atom is 0.233 e. The third-order valence-electron chi connectivity index (χ3n) is 3.19. The normalized spacial score (nSPS) is 14.7. The van der Waals surface area contributed by atoms with E-state index in [1.807, 2.05) is 0 Å². The van der Waals surface area contributed by atoms with Crippen LogP contribution in [0.3, 0.4) is 0 Å². The van der Waals surface area contributed by atoms with Gasteiger partial charge in [0.1, 0.15) is 5.41 Å². The maximum absolute atomic E-state index is 11.9. The van der Waals surface area contributed by atoms with Crippen molar-refractivity contribution in [3.8, 4) is 0 Å². The Bertz CT molecular complexity index is 598. The van der Waals surface area contributed by atoms with Gasteiger partial charge in [-0.25, -0.2) is 0 Å². The van der Waals surface area contributed by atoms with Crippen LogP contribution in [-0.2, 0) is 22.4 Å². The fraction of sp³-hybridized carbons (Fsp3) is 0.273. The summed E-state index contributed by atoms with van der Waals surface area (Å²) in [6.45, 7) is 0. The first-order valence-corrected chi connectivity index (χ1v) is 5.40. The van der Waals surface area contributed by atoms with Gasteiger partial charge in [-0.1, -0.05) is 24.3 Å². The van der Waals surface area contributed by atoms with Gasteiger partial charge in [-0.15, -0.1) is 0 Å². The highest BCUT2D eigenvalue weighted by Crippen LogP contribution is 2.39. The highest BCUT2D eigenvalue weighted by molar-refractivity contribution is 6.07. The molecule has 8 heteroatoms. The first-order chi connectivity index (χ1) is 9.14. The molecule has 0 aromatic heterocycles. The summed E-state index contributed by atoms with van der Waals surface area (Å²) in [7, 11) is 0. The summed E-state index contributed by atoms with van der Waals surface area (Å²) in [6, 6.07) is 7.13. The van der Waals surface area contributed by atoms with E-state index in [0.29, 0.717) is 0 Å². The molecule has 19 heavy (non-hydrogen) atoms. The molecule has 0 N–H and O–H groups in total. The number of rotatable bonds is 2. The third kappa shape index (κ3) is 2.01. The molecule has 1 aromatic rings. The van der Waals surface area contributed by atoms with E-state index in [1.165, 1.54) is 0 Å². The minimum absolute atomic E-state index is 0.0822. The van der Waals surface area contributed by atoms with Crippen LogP contribution in [0, 0.1) is 5.41 Å². The molecule has 2 rings (SSSR count). The molecule has 0 radical (unpaired) electrons. The Morgan fingerprint density at radius 3 is 1.79 bits per heavy atom. The standard InChI is InChI=1S/C11H8N6O2/c12-16-14-9(18)11(10(19)15-17-13)5-7-3-1-2-4-8(7)6-11/h1-4H,5-6H2. The summed E-state index contributed by atoms with van der Waals surface area (Å²) >= 11 is 0. The molecule has 0 saturated carbocycles. The zero-order valence-corrected chi connectivity index (χ0v) is 9.72. The van der Waals surface area contributed by atoms with Gasteiger partial charge in [-0.05, 0) is 45.3 Å². The number of hydrogen-bond acceptors (Lipinski definition) is 2. The van der Waals surface area contributed by atoms with E-state index >= 15 is 0 Å². The largest absolute Gasteiger partial charge is 0.291 e. The van der Waals surface area contributed by atoms with Crippen molar-refractivity contribution in [3.05, 3.63) is 56.3 Å². The summed E-state index contributed by atoms with van der Waals surface area (Å²) in [5.41, 5.74) is 16.8.